The van der Waals surface area contributed by atoms with Crippen LogP contribution in [0.2, 0.25) is 0 Å². The molecular weight excluding hydrogens is 952 g/mol. The first-order chi connectivity index (χ1) is 36.4. The SMILES string of the molecule is CC/C=C\C/C=C\C/C=C\C/C=C\C/C=C\CCCCCCCCCC(=O)OC(/C=C/CCCCCCCCCCC)C(COP(=O)(O)OCC[N+](C)(C)C)NC(=O)CCCCCCCCCCCCCCCCC. The standard InChI is InChI=1S/C65H119N2O7P/c1-7-10-13-16-19-22-25-27-29-30-31-32-33-34-35-36-38-40-43-46-49-52-55-58-65(69)74-63(56-53-50-47-44-41-24-21-18-15-12-9-3)62(61-73-75(70,71)72-60-59-67(4,5)6)66-64(68)57-54-51-48-45-42-39-37-28-26-23-20-17-14-11-8-2/h10,13,19,22,27,29,31-32,34-35,53,56,62-63H,7-9,11-12,14-18,20-21,23-26,28,30,33,36-52,54-55,57-61H2,1-6H3,(H-,66,68,70,71)/p+1/b13-10-,22-19-,29-27-,32-31-,35-34-,56-53+. The van der Waals surface area contributed by atoms with Crippen LogP contribution in [-0.2, 0) is 27.9 Å². The van der Waals surface area contributed by atoms with Crippen LogP contribution < -0.4 is 5.32 Å². The number of phosphoric acid groups is 1. The van der Waals surface area contributed by atoms with Crippen molar-refractivity contribution in [3.63, 3.8) is 0 Å². The van der Waals surface area contributed by atoms with Crippen molar-refractivity contribution in [3.8, 4) is 0 Å². The summed E-state index contributed by atoms with van der Waals surface area (Å²) in [6.07, 6.45) is 70.4. The quantitative estimate of drug-likeness (QED) is 0.0205. The first kappa shape index (κ1) is 72.5. The van der Waals surface area contributed by atoms with E-state index in [0.717, 1.165) is 103 Å². The molecule has 3 unspecified atom stereocenters. The highest BCUT2D eigenvalue weighted by Crippen LogP contribution is 2.43. The van der Waals surface area contributed by atoms with E-state index < -0.39 is 20.0 Å². The fourth-order valence-corrected chi connectivity index (χ4v) is 9.59. The van der Waals surface area contributed by atoms with Crippen LogP contribution in [0.15, 0.2) is 72.9 Å². The van der Waals surface area contributed by atoms with Gasteiger partial charge in [0.15, 0.2) is 0 Å². The lowest BCUT2D eigenvalue weighted by molar-refractivity contribution is -0.870. The van der Waals surface area contributed by atoms with E-state index in [1.54, 1.807) is 0 Å². The van der Waals surface area contributed by atoms with E-state index in [2.05, 4.69) is 86.8 Å². The van der Waals surface area contributed by atoms with Gasteiger partial charge in [-0.05, 0) is 76.7 Å². The predicted molar refractivity (Wildman–Crippen MR) is 323 cm³/mol. The molecular formula is C65H120N2O7P+. The number of quaternary nitrogens is 1. The van der Waals surface area contributed by atoms with E-state index in [-0.39, 0.29) is 31.5 Å². The van der Waals surface area contributed by atoms with Crippen LogP contribution in [0.3, 0.4) is 0 Å². The molecule has 10 heteroatoms. The van der Waals surface area contributed by atoms with Gasteiger partial charge < -0.3 is 19.4 Å². The number of hydrogen-bond acceptors (Lipinski definition) is 6. The lowest BCUT2D eigenvalue weighted by Gasteiger charge is -2.27. The van der Waals surface area contributed by atoms with Gasteiger partial charge in [-0.15, -0.1) is 0 Å². The number of ether oxygens (including phenoxy) is 1. The Kier molecular flexibility index (Phi) is 52.9. The zero-order chi connectivity index (χ0) is 55.0. The van der Waals surface area contributed by atoms with Crippen LogP contribution in [0, 0.1) is 0 Å². The molecule has 0 aromatic heterocycles. The minimum absolute atomic E-state index is 0.0374. The van der Waals surface area contributed by atoms with Gasteiger partial charge in [-0.2, -0.15) is 0 Å². The molecule has 0 aromatic carbocycles. The van der Waals surface area contributed by atoms with Crippen molar-refractivity contribution in [2.45, 2.75) is 290 Å². The van der Waals surface area contributed by atoms with Gasteiger partial charge in [0, 0.05) is 12.8 Å². The first-order valence-electron chi connectivity index (χ1n) is 31.3. The third-order valence-corrected chi connectivity index (χ3v) is 14.6. The summed E-state index contributed by atoms with van der Waals surface area (Å²) in [5.74, 6) is -0.513. The molecule has 0 aliphatic carbocycles. The summed E-state index contributed by atoms with van der Waals surface area (Å²) in [6, 6.07) is -0.853. The zero-order valence-electron chi connectivity index (χ0n) is 49.8. The summed E-state index contributed by atoms with van der Waals surface area (Å²) >= 11 is 0. The Labute approximate surface area is 463 Å². The highest BCUT2D eigenvalue weighted by molar-refractivity contribution is 7.47. The van der Waals surface area contributed by atoms with Crippen molar-refractivity contribution in [1.82, 2.24) is 5.32 Å². The maximum absolute atomic E-state index is 13.5. The van der Waals surface area contributed by atoms with Gasteiger partial charge in [0.2, 0.25) is 5.91 Å². The largest absolute Gasteiger partial charge is 0.472 e. The van der Waals surface area contributed by atoms with Crippen LogP contribution in [0.25, 0.3) is 0 Å². The Bertz CT molecular complexity index is 1510. The Morgan fingerprint density at radius 3 is 1.28 bits per heavy atom. The molecule has 9 nitrogen and oxygen atoms in total. The number of unbranched alkanes of at least 4 members (excludes halogenated alkanes) is 30. The molecule has 75 heavy (non-hydrogen) atoms. The van der Waals surface area contributed by atoms with E-state index in [1.165, 1.54) is 141 Å². The van der Waals surface area contributed by atoms with Gasteiger partial charge in [-0.1, -0.05) is 261 Å². The molecule has 0 aromatic rings. The van der Waals surface area contributed by atoms with Crippen LogP contribution in [-0.4, -0.2) is 74.3 Å². The zero-order valence-corrected chi connectivity index (χ0v) is 50.7. The molecule has 0 aliphatic heterocycles. The number of nitrogens with zero attached hydrogens (tertiary/aromatic N) is 1. The molecule has 0 fully saturated rings. The second-order valence-electron chi connectivity index (χ2n) is 22.2. The topological polar surface area (TPSA) is 111 Å². The van der Waals surface area contributed by atoms with Crippen LogP contribution >= 0.6 is 7.82 Å². The molecule has 0 radical (unpaired) electrons. The molecule has 0 rings (SSSR count). The molecule has 0 bridgehead atoms. The van der Waals surface area contributed by atoms with E-state index >= 15 is 0 Å². The first-order valence-corrected chi connectivity index (χ1v) is 32.8. The molecule has 3 atom stereocenters. The maximum Gasteiger partial charge on any atom is 0.472 e. The number of amides is 1. The number of nitrogens with one attached hydrogen (secondary N) is 1. The van der Waals surface area contributed by atoms with Crippen molar-refractivity contribution < 1.29 is 37.3 Å². The average molecular weight is 1070 g/mol. The predicted octanol–water partition coefficient (Wildman–Crippen LogP) is 19.2. The van der Waals surface area contributed by atoms with Crippen molar-refractivity contribution in [3.05, 3.63) is 72.9 Å². The van der Waals surface area contributed by atoms with Gasteiger partial charge in [0.25, 0.3) is 0 Å². The number of allylic oxidation sites excluding steroid dienone is 11. The third kappa shape index (κ3) is 56.0. The second kappa shape index (κ2) is 54.8. The molecule has 0 saturated heterocycles. The third-order valence-electron chi connectivity index (χ3n) is 13.7. The van der Waals surface area contributed by atoms with Crippen LogP contribution in [0.5, 0.6) is 0 Å². The number of carbonyl (C=O) groups excluding carboxylic acids is 2. The minimum atomic E-state index is -4.45. The Hall–Kier alpha value is -2.55. The summed E-state index contributed by atoms with van der Waals surface area (Å²) in [6.45, 7) is 6.90. The number of likely N-dealkylation sites (N-methyl/N-ethyl adjacent to an activating group) is 1. The monoisotopic (exact) mass is 1070 g/mol. The summed E-state index contributed by atoms with van der Waals surface area (Å²) in [4.78, 5) is 37.7. The van der Waals surface area contributed by atoms with Gasteiger partial charge >= 0.3 is 13.8 Å². The number of esters is 1. The van der Waals surface area contributed by atoms with Crippen molar-refractivity contribution in [2.75, 3.05) is 40.9 Å². The smallest absolute Gasteiger partial charge is 0.456 e. The summed E-state index contributed by atoms with van der Waals surface area (Å²) < 4.78 is 30.7. The molecule has 0 saturated carbocycles. The molecule has 2 N–H and O–H groups in total. The Morgan fingerprint density at radius 1 is 0.480 bits per heavy atom. The van der Waals surface area contributed by atoms with Crippen molar-refractivity contribution in [2.24, 2.45) is 0 Å². The number of hydrogen-bond donors (Lipinski definition) is 2. The highest BCUT2D eigenvalue weighted by Gasteiger charge is 2.30. The summed E-state index contributed by atoms with van der Waals surface area (Å²) in [7, 11) is 1.49. The molecule has 0 spiro atoms. The summed E-state index contributed by atoms with van der Waals surface area (Å²) in [5.41, 5.74) is 0. The van der Waals surface area contributed by atoms with Crippen LogP contribution in [0.1, 0.15) is 278 Å². The lowest BCUT2D eigenvalue weighted by atomic mass is 10.0. The fraction of sp³-hybridized carbons (Fsp3) is 0.785. The van der Waals surface area contributed by atoms with Gasteiger partial charge in [0.1, 0.15) is 19.3 Å². The van der Waals surface area contributed by atoms with E-state index in [0.29, 0.717) is 17.4 Å². The molecule has 0 aliphatic rings. The second-order valence-corrected chi connectivity index (χ2v) is 23.7. The van der Waals surface area contributed by atoms with Gasteiger partial charge in [-0.25, -0.2) is 4.57 Å². The van der Waals surface area contributed by atoms with Crippen molar-refractivity contribution >= 4 is 19.7 Å². The minimum Gasteiger partial charge on any atom is -0.456 e. The number of phosphoric ester groups is 1. The lowest BCUT2D eigenvalue weighted by Crippen LogP contribution is -2.47. The van der Waals surface area contributed by atoms with E-state index in [4.69, 9.17) is 13.8 Å². The van der Waals surface area contributed by atoms with Gasteiger partial charge in [-0.3, -0.25) is 18.6 Å². The fourth-order valence-electron chi connectivity index (χ4n) is 8.85. The number of carbonyl (C=O) groups is 2. The van der Waals surface area contributed by atoms with Crippen molar-refractivity contribution in [1.29, 1.82) is 0 Å². The molecule has 436 valence electrons. The number of rotatable bonds is 56. The van der Waals surface area contributed by atoms with Gasteiger partial charge in [0.05, 0.1) is 33.8 Å². The Morgan fingerprint density at radius 2 is 0.853 bits per heavy atom. The summed E-state index contributed by atoms with van der Waals surface area (Å²) in [5, 5.41) is 3.05. The normalized spacial score (nSPS) is 14.2. The van der Waals surface area contributed by atoms with E-state index in [9.17, 15) is 19.0 Å². The maximum atomic E-state index is 13.5. The van der Waals surface area contributed by atoms with E-state index in [1.807, 2.05) is 33.3 Å². The van der Waals surface area contributed by atoms with Crippen LogP contribution in [0.4, 0.5) is 0 Å². The Balaban J connectivity index is 5.19. The molecule has 0 heterocycles. The molecule has 1 amide bonds. The average Bonchev–Trinajstić information content (AvgIpc) is 3.37. The highest BCUT2D eigenvalue weighted by atomic mass is 31.2.